The number of rotatable bonds is 5. The second kappa shape index (κ2) is 5.64. The molecule has 0 unspecified atom stereocenters. The van der Waals surface area contributed by atoms with Crippen LogP contribution in [-0.2, 0) is 6.42 Å². The Hall–Kier alpha value is -1.61. The molecule has 0 saturated heterocycles. The maximum atomic E-state index is 11.7. The van der Waals surface area contributed by atoms with Gasteiger partial charge in [-0.15, -0.1) is 11.3 Å². The van der Waals surface area contributed by atoms with Crippen molar-refractivity contribution in [3.63, 3.8) is 0 Å². The molecule has 0 aliphatic heterocycles. The molecular formula is C14H14O2S. The SMILES string of the molecule is CCc1cccc(OCC(=O)c2cccs2)c1. The Morgan fingerprint density at radius 1 is 1.29 bits per heavy atom. The molecule has 0 N–H and O–H groups in total. The van der Waals surface area contributed by atoms with E-state index >= 15 is 0 Å². The molecule has 0 aliphatic rings. The van der Waals surface area contributed by atoms with Gasteiger partial charge in [0.1, 0.15) is 5.75 Å². The van der Waals surface area contributed by atoms with Crippen LogP contribution in [0.3, 0.4) is 0 Å². The fourth-order valence-electron chi connectivity index (χ4n) is 1.51. The lowest BCUT2D eigenvalue weighted by Gasteiger charge is -2.05. The monoisotopic (exact) mass is 246 g/mol. The van der Waals surface area contributed by atoms with Gasteiger partial charge in [-0.05, 0) is 35.6 Å². The van der Waals surface area contributed by atoms with E-state index in [0.717, 1.165) is 17.0 Å². The molecule has 0 amide bonds. The molecule has 1 aromatic carbocycles. The largest absolute Gasteiger partial charge is 0.485 e. The lowest BCUT2D eigenvalue weighted by Crippen LogP contribution is -2.10. The third-order valence-electron chi connectivity index (χ3n) is 2.47. The highest BCUT2D eigenvalue weighted by Gasteiger charge is 2.07. The lowest BCUT2D eigenvalue weighted by molar-refractivity contribution is 0.0925. The Bertz CT molecular complexity index is 489. The molecule has 0 atom stereocenters. The normalized spacial score (nSPS) is 10.2. The van der Waals surface area contributed by atoms with Gasteiger partial charge in [-0.3, -0.25) is 4.79 Å². The van der Waals surface area contributed by atoms with Gasteiger partial charge < -0.3 is 4.74 Å². The number of thiophene rings is 1. The lowest BCUT2D eigenvalue weighted by atomic mass is 10.2. The van der Waals surface area contributed by atoms with Crippen molar-refractivity contribution in [2.75, 3.05) is 6.61 Å². The molecule has 3 heteroatoms. The van der Waals surface area contributed by atoms with E-state index in [1.165, 1.54) is 16.9 Å². The molecule has 1 aromatic heterocycles. The van der Waals surface area contributed by atoms with Crippen LogP contribution in [0, 0.1) is 0 Å². The summed E-state index contributed by atoms with van der Waals surface area (Å²) in [6, 6.07) is 11.5. The average molecular weight is 246 g/mol. The molecule has 0 spiro atoms. The Morgan fingerprint density at radius 2 is 2.18 bits per heavy atom. The number of hydrogen-bond acceptors (Lipinski definition) is 3. The van der Waals surface area contributed by atoms with Crippen molar-refractivity contribution in [1.29, 1.82) is 0 Å². The van der Waals surface area contributed by atoms with Gasteiger partial charge >= 0.3 is 0 Å². The molecule has 2 nitrogen and oxygen atoms in total. The first-order valence-electron chi connectivity index (χ1n) is 5.58. The van der Waals surface area contributed by atoms with Gasteiger partial charge in [0.2, 0.25) is 5.78 Å². The number of ketones is 1. The summed E-state index contributed by atoms with van der Waals surface area (Å²) < 4.78 is 5.49. The molecule has 1 heterocycles. The van der Waals surface area contributed by atoms with Crippen LogP contribution in [-0.4, -0.2) is 12.4 Å². The summed E-state index contributed by atoms with van der Waals surface area (Å²) in [5.41, 5.74) is 1.21. The van der Waals surface area contributed by atoms with E-state index in [2.05, 4.69) is 6.92 Å². The minimum Gasteiger partial charge on any atom is -0.485 e. The summed E-state index contributed by atoms with van der Waals surface area (Å²) >= 11 is 1.44. The van der Waals surface area contributed by atoms with Crippen LogP contribution in [0.1, 0.15) is 22.2 Å². The van der Waals surface area contributed by atoms with E-state index in [-0.39, 0.29) is 12.4 Å². The summed E-state index contributed by atoms with van der Waals surface area (Å²) in [4.78, 5) is 12.5. The molecular weight excluding hydrogens is 232 g/mol. The number of carbonyl (C=O) groups is 1. The Balaban J connectivity index is 1.95. The van der Waals surface area contributed by atoms with Gasteiger partial charge in [-0.2, -0.15) is 0 Å². The highest BCUT2D eigenvalue weighted by atomic mass is 32.1. The highest BCUT2D eigenvalue weighted by Crippen LogP contribution is 2.15. The van der Waals surface area contributed by atoms with Crippen LogP contribution in [0.15, 0.2) is 41.8 Å². The predicted octanol–water partition coefficient (Wildman–Crippen LogP) is 3.57. The highest BCUT2D eigenvalue weighted by molar-refractivity contribution is 7.12. The van der Waals surface area contributed by atoms with Crippen LogP contribution in [0.4, 0.5) is 0 Å². The van der Waals surface area contributed by atoms with Crippen molar-refractivity contribution in [1.82, 2.24) is 0 Å². The second-order valence-corrected chi connectivity index (χ2v) is 4.64. The van der Waals surface area contributed by atoms with Gasteiger partial charge in [-0.25, -0.2) is 0 Å². The van der Waals surface area contributed by atoms with Gasteiger partial charge in [0, 0.05) is 0 Å². The van der Waals surface area contributed by atoms with Crippen molar-refractivity contribution in [2.45, 2.75) is 13.3 Å². The van der Waals surface area contributed by atoms with Gasteiger partial charge in [0.05, 0.1) is 4.88 Å². The topological polar surface area (TPSA) is 26.3 Å². The van der Waals surface area contributed by atoms with Crippen LogP contribution in [0.2, 0.25) is 0 Å². The third-order valence-corrected chi connectivity index (χ3v) is 3.38. The first-order chi connectivity index (χ1) is 8.29. The van der Waals surface area contributed by atoms with E-state index in [4.69, 9.17) is 4.74 Å². The molecule has 2 rings (SSSR count). The summed E-state index contributed by atoms with van der Waals surface area (Å²) in [5.74, 6) is 0.788. The molecule has 0 saturated carbocycles. The number of Topliss-reactive ketones (excluding diaryl/α,β-unsaturated/α-hetero) is 1. The molecule has 0 aliphatic carbocycles. The van der Waals surface area contributed by atoms with Crippen LogP contribution < -0.4 is 4.74 Å². The molecule has 88 valence electrons. The standard InChI is InChI=1S/C14H14O2S/c1-2-11-5-3-6-12(9-11)16-10-13(15)14-7-4-8-17-14/h3-9H,2,10H2,1H3. The van der Waals surface area contributed by atoms with Crippen molar-refractivity contribution < 1.29 is 9.53 Å². The smallest absolute Gasteiger partial charge is 0.210 e. The van der Waals surface area contributed by atoms with Gasteiger partial charge in [-0.1, -0.05) is 25.1 Å². The zero-order valence-electron chi connectivity index (χ0n) is 9.68. The van der Waals surface area contributed by atoms with E-state index < -0.39 is 0 Å². The first kappa shape index (κ1) is 11.9. The van der Waals surface area contributed by atoms with Crippen molar-refractivity contribution in [3.05, 3.63) is 52.2 Å². The fraction of sp³-hybridized carbons (Fsp3) is 0.214. The zero-order chi connectivity index (χ0) is 12.1. The van der Waals surface area contributed by atoms with Crippen LogP contribution >= 0.6 is 11.3 Å². The van der Waals surface area contributed by atoms with Gasteiger partial charge in [0.15, 0.2) is 6.61 Å². The number of hydrogen-bond donors (Lipinski definition) is 0. The van der Waals surface area contributed by atoms with E-state index in [1.807, 2.05) is 41.8 Å². The van der Waals surface area contributed by atoms with Crippen molar-refractivity contribution in [3.8, 4) is 5.75 Å². The molecule has 17 heavy (non-hydrogen) atoms. The van der Waals surface area contributed by atoms with E-state index in [1.54, 1.807) is 0 Å². The molecule has 0 bridgehead atoms. The first-order valence-corrected chi connectivity index (χ1v) is 6.46. The number of carbonyl (C=O) groups excluding carboxylic acids is 1. The Kier molecular flexibility index (Phi) is 3.94. The van der Waals surface area contributed by atoms with E-state index in [0.29, 0.717) is 0 Å². The Morgan fingerprint density at radius 3 is 2.88 bits per heavy atom. The molecule has 0 radical (unpaired) electrons. The van der Waals surface area contributed by atoms with Crippen LogP contribution in [0.25, 0.3) is 0 Å². The third kappa shape index (κ3) is 3.17. The van der Waals surface area contributed by atoms with Gasteiger partial charge in [0.25, 0.3) is 0 Å². The maximum absolute atomic E-state index is 11.7. The van der Waals surface area contributed by atoms with Crippen molar-refractivity contribution >= 4 is 17.1 Å². The summed E-state index contributed by atoms with van der Waals surface area (Å²) in [6.45, 7) is 2.20. The molecule has 0 fully saturated rings. The minimum atomic E-state index is 0.0295. The maximum Gasteiger partial charge on any atom is 0.210 e. The van der Waals surface area contributed by atoms with E-state index in [9.17, 15) is 4.79 Å². The fourth-order valence-corrected chi connectivity index (χ4v) is 2.16. The molecule has 2 aromatic rings. The number of benzene rings is 1. The van der Waals surface area contributed by atoms with Crippen molar-refractivity contribution in [2.24, 2.45) is 0 Å². The minimum absolute atomic E-state index is 0.0295. The quantitative estimate of drug-likeness (QED) is 0.754. The number of ether oxygens (including phenoxy) is 1. The summed E-state index contributed by atoms with van der Waals surface area (Å²) in [6.07, 6.45) is 0.968. The van der Waals surface area contributed by atoms with Crippen LogP contribution in [0.5, 0.6) is 5.75 Å². The number of aryl methyl sites for hydroxylation is 1. The summed E-state index contributed by atoms with van der Waals surface area (Å²) in [5, 5.41) is 1.89. The summed E-state index contributed by atoms with van der Waals surface area (Å²) in [7, 11) is 0. The Labute approximate surface area is 105 Å². The zero-order valence-corrected chi connectivity index (χ0v) is 10.5. The predicted molar refractivity (Wildman–Crippen MR) is 70.0 cm³/mol. The average Bonchev–Trinajstić information content (AvgIpc) is 2.90. The second-order valence-electron chi connectivity index (χ2n) is 3.69.